The van der Waals surface area contributed by atoms with E-state index in [1.807, 2.05) is 13.8 Å². The lowest BCUT2D eigenvalue weighted by molar-refractivity contribution is -0.118. The van der Waals surface area contributed by atoms with E-state index < -0.39 is 0 Å². The predicted molar refractivity (Wildman–Crippen MR) is 100 cm³/mol. The van der Waals surface area contributed by atoms with E-state index in [-0.39, 0.29) is 24.8 Å². The number of ether oxygens (including phenoxy) is 2. The first kappa shape index (κ1) is 21.8. The molecular weight excluding hydrogens is 358 g/mol. The van der Waals surface area contributed by atoms with Crippen LogP contribution in [-0.2, 0) is 10.5 Å². The standard InChI is InChI=1S/C15H19N3O5S.C2H6/c1-21-11-4-3-10(7-12(11)22-2)15-17-13(18-23-15)8-24-9-14(20)16-5-6-19;1-2/h3-4,7,19H,5-6,8-9H2,1-2H3,(H,16,20);1-2H3. The average molecular weight is 383 g/mol. The number of aromatic nitrogens is 2. The molecule has 8 nitrogen and oxygen atoms in total. The zero-order chi connectivity index (χ0) is 19.4. The van der Waals surface area contributed by atoms with Crippen molar-refractivity contribution in [2.24, 2.45) is 0 Å². The number of nitrogens with one attached hydrogen (secondary N) is 1. The van der Waals surface area contributed by atoms with Gasteiger partial charge < -0.3 is 24.4 Å². The van der Waals surface area contributed by atoms with Crippen LogP contribution in [0.5, 0.6) is 11.5 Å². The van der Waals surface area contributed by atoms with Crippen LogP contribution in [0.4, 0.5) is 0 Å². The lowest BCUT2D eigenvalue weighted by Crippen LogP contribution is -2.27. The molecule has 144 valence electrons. The van der Waals surface area contributed by atoms with Gasteiger partial charge in [0.25, 0.3) is 5.89 Å². The van der Waals surface area contributed by atoms with Crippen molar-refractivity contribution in [3.05, 3.63) is 24.0 Å². The maximum absolute atomic E-state index is 11.4. The molecule has 0 atom stereocenters. The van der Waals surface area contributed by atoms with Gasteiger partial charge in [0.1, 0.15) is 0 Å². The molecule has 2 N–H and O–H groups in total. The van der Waals surface area contributed by atoms with E-state index in [0.717, 1.165) is 5.56 Å². The summed E-state index contributed by atoms with van der Waals surface area (Å²) in [6.07, 6.45) is 0. The minimum absolute atomic E-state index is 0.0735. The van der Waals surface area contributed by atoms with Gasteiger partial charge in [-0.3, -0.25) is 4.79 Å². The van der Waals surface area contributed by atoms with Crippen LogP contribution in [0.1, 0.15) is 19.7 Å². The molecule has 9 heteroatoms. The summed E-state index contributed by atoms with van der Waals surface area (Å²) in [7, 11) is 3.12. The minimum atomic E-state index is -0.141. The maximum Gasteiger partial charge on any atom is 0.258 e. The molecule has 0 saturated heterocycles. The molecule has 1 amide bonds. The van der Waals surface area contributed by atoms with E-state index in [1.165, 1.54) is 11.8 Å². The SMILES string of the molecule is CC.COc1ccc(-c2nc(CSCC(=O)NCCO)no2)cc1OC. The van der Waals surface area contributed by atoms with Crippen LogP contribution >= 0.6 is 11.8 Å². The highest BCUT2D eigenvalue weighted by Crippen LogP contribution is 2.31. The molecule has 1 aromatic heterocycles. The molecule has 26 heavy (non-hydrogen) atoms. The van der Waals surface area contributed by atoms with Crippen LogP contribution in [-0.4, -0.2) is 54.3 Å². The third-order valence-electron chi connectivity index (χ3n) is 3.00. The summed E-state index contributed by atoms with van der Waals surface area (Å²) in [6.45, 7) is 4.18. The molecule has 0 saturated carbocycles. The third kappa shape index (κ3) is 6.57. The number of benzene rings is 1. The van der Waals surface area contributed by atoms with Gasteiger partial charge in [0.05, 0.1) is 32.3 Å². The summed E-state index contributed by atoms with van der Waals surface area (Å²) in [4.78, 5) is 15.7. The number of aliphatic hydroxyl groups is 1. The van der Waals surface area contributed by atoms with Crippen molar-refractivity contribution < 1.29 is 23.9 Å². The van der Waals surface area contributed by atoms with Crippen molar-refractivity contribution in [2.75, 3.05) is 33.1 Å². The smallest absolute Gasteiger partial charge is 0.258 e. The van der Waals surface area contributed by atoms with Gasteiger partial charge in [-0.25, -0.2) is 0 Å². The molecule has 0 aliphatic rings. The van der Waals surface area contributed by atoms with Crippen molar-refractivity contribution in [1.82, 2.24) is 15.5 Å². The number of carbonyl (C=O) groups excluding carboxylic acids is 1. The van der Waals surface area contributed by atoms with E-state index >= 15 is 0 Å². The van der Waals surface area contributed by atoms with Crippen molar-refractivity contribution in [2.45, 2.75) is 19.6 Å². The minimum Gasteiger partial charge on any atom is -0.493 e. The summed E-state index contributed by atoms with van der Waals surface area (Å²) in [5, 5.41) is 15.1. The van der Waals surface area contributed by atoms with Crippen LogP contribution in [0.2, 0.25) is 0 Å². The third-order valence-corrected chi connectivity index (χ3v) is 3.93. The van der Waals surface area contributed by atoms with Crippen LogP contribution in [0.3, 0.4) is 0 Å². The Bertz CT molecular complexity index is 678. The van der Waals surface area contributed by atoms with Gasteiger partial charge in [-0.05, 0) is 18.2 Å². The van der Waals surface area contributed by atoms with Gasteiger partial charge in [0, 0.05) is 12.1 Å². The van der Waals surface area contributed by atoms with E-state index in [1.54, 1.807) is 32.4 Å². The largest absolute Gasteiger partial charge is 0.493 e. The van der Waals surface area contributed by atoms with Crippen LogP contribution in [0.25, 0.3) is 11.5 Å². The molecule has 1 heterocycles. The van der Waals surface area contributed by atoms with Crippen molar-refractivity contribution in [3.8, 4) is 23.0 Å². The van der Waals surface area contributed by atoms with Gasteiger partial charge in [0.2, 0.25) is 5.91 Å². The fraction of sp³-hybridized carbons (Fsp3) is 0.471. The highest BCUT2D eigenvalue weighted by molar-refractivity contribution is 7.99. The molecule has 0 fully saturated rings. The quantitative estimate of drug-likeness (QED) is 0.678. The summed E-state index contributed by atoms with van der Waals surface area (Å²) in [5.41, 5.74) is 0.720. The summed E-state index contributed by atoms with van der Waals surface area (Å²) < 4.78 is 15.7. The normalized spacial score (nSPS) is 9.88. The molecule has 0 spiro atoms. The van der Waals surface area contributed by atoms with Crippen LogP contribution < -0.4 is 14.8 Å². The maximum atomic E-state index is 11.4. The number of amides is 1. The van der Waals surface area contributed by atoms with E-state index in [0.29, 0.717) is 29.0 Å². The highest BCUT2D eigenvalue weighted by atomic mass is 32.2. The molecule has 0 unspecified atom stereocenters. The molecule has 0 aliphatic heterocycles. The molecule has 1 aromatic carbocycles. The number of methoxy groups -OCH3 is 2. The molecular formula is C17H25N3O5S. The topological polar surface area (TPSA) is 107 Å². The summed E-state index contributed by atoms with van der Waals surface area (Å²) in [5.74, 6) is 2.63. The van der Waals surface area contributed by atoms with Crippen molar-refractivity contribution >= 4 is 17.7 Å². The number of carbonyl (C=O) groups is 1. The molecule has 0 bridgehead atoms. The fourth-order valence-electron chi connectivity index (χ4n) is 1.88. The summed E-state index contributed by atoms with van der Waals surface area (Å²) in [6, 6.07) is 5.32. The van der Waals surface area contributed by atoms with Gasteiger partial charge >= 0.3 is 0 Å². The second-order valence-corrected chi connectivity index (χ2v) is 5.64. The first-order valence-corrected chi connectivity index (χ1v) is 9.33. The lowest BCUT2D eigenvalue weighted by Gasteiger charge is -2.07. The van der Waals surface area contributed by atoms with Gasteiger partial charge in [-0.1, -0.05) is 19.0 Å². The first-order valence-electron chi connectivity index (χ1n) is 8.18. The van der Waals surface area contributed by atoms with Crippen molar-refractivity contribution in [3.63, 3.8) is 0 Å². The predicted octanol–water partition coefficient (Wildman–Crippen LogP) is 2.12. The second-order valence-electron chi connectivity index (χ2n) is 4.65. The Hall–Kier alpha value is -2.26. The Morgan fingerprint density at radius 3 is 2.65 bits per heavy atom. The van der Waals surface area contributed by atoms with Crippen LogP contribution in [0, 0.1) is 0 Å². The average Bonchev–Trinajstić information content (AvgIpc) is 3.16. The Balaban J connectivity index is 0.00000163. The fourth-order valence-corrected chi connectivity index (χ4v) is 2.57. The second kappa shape index (κ2) is 12.2. The Morgan fingerprint density at radius 1 is 1.27 bits per heavy atom. The molecule has 0 radical (unpaired) electrons. The zero-order valence-corrected chi connectivity index (χ0v) is 16.3. The first-order chi connectivity index (χ1) is 12.7. The highest BCUT2D eigenvalue weighted by Gasteiger charge is 2.13. The van der Waals surface area contributed by atoms with Gasteiger partial charge in [-0.2, -0.15) is 4.98 Å². The lowest BCUT2D eigenvalue weighted by atomic mass is 10.2. The monoisotopic (exact) mass is 383 g/mol. The van der Waals surface area contributed by atoms with Gasteiger partial charge in [-0.15, -0.1) is 11.8 Å². The Kier molecular flexibility index (Phi) is 10.2. The zero-order valence-electron chi connectivity index (χ0n) is 15.4. The number of nitrogens with zero attached hydrogens (tertiary/aromatic N) is 2. The number of thioether (sulfide) groups is 1. The number of hydrogen-bond acceptors (Lipinski definition) is 8. The van der Waals surface area contributed by atoms with Crippen LogP contribution in [0.15, 0.2) is 22.7 Å². The number of hydrogen-bond donors (Lipinski definition) is 2. The van der Waals surface area contributed by atoms with E-state index in [4.69, 9.17) is 19.1 Å². The van der Waals surface area contributed by atoms with E-state index in [9.17, 15) is 4.79 Å². The number of rotatable bonds is 9. The van der Waals surface area contributed by atoms with E-state index in [2.05, 4.69) is 15.5 Å². The molecule has 2 rings (SSSR count). The van der Waals surface area contributed by atoms with Crippen molar-refractivity contribution in [1.29, 1.82) is 0 Å². The molecule has 2 aromatic rings. The summed E-state index contributed by atoms with van der Waals surface area (Å²) >= 11 is 1.36. The molecule has 0 aliphatic carbocycles. The van der Waals surface area contributed by atoms with Gasteiger partial charge in [0.15, 0.2) is 17.3 Å². The number of aliphatic hydroxyl groups excluding tert-OH is 1. The Morgan fingerprint density at radius 2 is 2.00 bits per heavy atom. The Labute approximate surface area is 157 Å².